The Morgan fingerprint density at radius 1 is 0.400 bits per heavy atom. The average molecular weight is 657 g/mol. The highest BCUT2D eigenvalue weighted by Crippen LogP contribution is 2.39. The molecule has 0 radical (unpaired) electrons. The highest BCUT2D eigenvalue weighted by molar-refractivity contribution is 6.45. The summed E-state index contributed by atoms with van der Waals surface area (Å²) < 4.78 is 11.5. The fourth-order valence-electron chi connectivity index (χ4n) is 3.82. The molecule has 1 saturated carbocycles. The van der Waals surface area contributed by atoms with E-state index in [1.807, 2.05) is 60.7 Å². The van der Waals surface area contributed by atoms with Crippen molar-refractivity contribution >= 4 is 75.4 Å². The summed E-state index contributed by atoms with van der Waals surface area (Å²) in [7, 11) is 0. The average Bonchev–Trinajstić information content (AvgIpc) is 3.00. The van der Waals surface area contributed by atoms with Crippen LogP contribution in [0.3, 0.4) is 0 Å². The predicted molar refractivity (Wildman–Crippen MR) is 167 cm³/mol. The van der Waals surface area contributed by atoms with E-state index in [2.05, 4.69) is 0 Å². The van der Waals surface area contributed by atoms with E-state index in [0.717, 1.165) is 11.5 Å². The summed E-state index contributed by atoms with van der Waals surface area (Å²) in [6.45, 7) is 0. The van der Waals surface area contributed by atoms with Crippen molar-refractivity contribution in [3.8, 4) is 23.0 Å². The first kappa shape index (κ1) is 30.8. The van der Waals surface area contributed by atoms with Gasteiger partial charge in [-0.25, -0.2) is 0 Å². The predicted octanol–water partition coefficient (Wildman–Crippen LogP) is 10.1. The Bertz CT molecular complexity index is 1210. The van der Waals surface area contributed by atoms with Crippen molar-refractivity contribution in [1.82, 2.24) is 0 Å². The summed E-state index contributed by atoms with van der Waals surface area (Å²) in [6.07, 6.45) is 0. The van der Waals surface area contributed by atoms with Gasteiger partial charge in [0.25, 0.3) is 0 Å². The third-order valence-corrected chi connectivity index (χ3v) is 10.0. The van der Waals surface area contributed by atoms with Gasteiger partial charge in [0, 0.05) is 11.1 Å². The molecule has 0 saturated heterocycles. The highest BCUT2D eigenvalue weighted by atomic mass is 35.5. The first-order valence-corrected chi connectivity index (χ1v) is 14.9. The van der Waals surface area contributed by atoms with Crippen LogP contribution in [0.25, 0.3) is 0 Å². The maximum Gasteiger partial charge on any atom is 0.193 e. The van der Waals surface area contributed by atoms with Crippen molar-refractivity contribution in [1.29, 1.82) is 0 Å². The fraction of sp³-hybridized carbons (Fsp3) is 0.194. The Morgan fingerprint density at radius 2 is 0.650 bits per heavy atom. The summed E-state index contributed by atoms with van der Waals surface area (Å²) in [5.41, 5.74) is 1.22. The molecule has 4 aromatic rings. The zero-order chi connectivity index (χ0) is 28.6. The zero-order valence-corrected chi connectivity index (χ0v) is 25.4. The first-order chi connectivity index (χ1) is 19.2. The van der Waals surface area contributed by atoms with E-state index in [1.54, 1.807) is 48.5 Å². The number of alkyl halides is 6. The van der Waals surface area contributed by atoms with Crippen LogP contribution in [-0.2, 0) is 0 Å². The van der Waals surface area contributed by atoms with Crippen LogP contribution in [0.1, 0.15) is 15.9 Å². The molecule has 0 spiro atoms. The lowest BCUT2D eigenvalue weighted by Crippen LogP contribution is -2.52. The number of hydrogen-bond donors (Lipinski definition) is 0. The van der Waals surface area contributed by atoms with E-state index in [-0.39, 0.29) is 5.78 Å². The number of ketones is 1. The molecular formula is C31H24Cl6O3. The maximum atomic E-state index is 12.7. The molecular weight excluding hydrogens is 633 g/mol. The standard InChI is InChI=1S/C25H18O3.C6H6Cl6/c26-25(19-11-15-23(16-12-19)27-21-7-3-1-4-8-21)20-13-17-24(18-14-20)28-22-9-5-2-6-10-22;7-1-2(8)4(10)6(12)5(11)3(1)9/h1-18H;1-6H/t;1-,2-,3-,4+,5+,6+. The summed E-state index contributed by atoms with van der Waals surface area (Å²) in [5.74, 6) is 2.85. The van der Waals surface area contributed by atoms with Crippen molar-refractivity contribution < 1.29 is 14.3 Å². The Morgan fingerprint density at radius 3 is 0.925 bits per heavy atom. The lowest BCUT2D eigenvalue weighted by molar-refractivity contribution is 0.103. The molecule has 208 valence electrons. The van der Waals surface area contributed by atoms with E-state index in [0.29, 0.717) is 22.6 Å². The second kappa shape index (κ2) is 14.7. The van der Waals surface area contributed by atoms with Crippen LogP contribution in [0.2, 0.25) is 0 Å². The van der Waals surface area contributed by atoms with Crippen molar-refractivity contribution in [2.24, 2.45) is 0 Å². The molecule has 1 fully saturated rings. The van der Waals surface area contributed by atoms with Crippen molar-refractivity contribution in [2.75, 3.05) is 0 Å². The molecule has 4 aromatic carbocycles. The minimum atomic E-state index is -0.437. The van der Waals surface area contributed by atoms with Crippen molar-refractivity contribution in [3.63, 3.8) is 0 Å². The number of halogens is 6. The van der Waals surface area contributed by atoms with Gasteiger partial charge in [-0.05, 0) is 72.8 Å². The van der Waals surface area contributed by atoms with E-state index in [9.17, 15) is 4.79 Å². The van der Waals surface area contributed by atoms with Gasteiger partial charge in [-0.1, -0.05) is 36.4 Å². The second-order valence-electron chi connectivity index (χ2n) is 8.87. The summed E-state index contributed by atoms with van der Waals surface area (Å²) in [4.78, 5) is 12.7. The van der Waals surface area contributed by atoms with Crippen LogP contribution in [-0.4, -0.2) is 38.0 Å². The van der Waals surface area contributed by atoms with Crippen LogP contribution >= 0.6 is 69.6 Å². The van der Waals surface area contributed by atoms with Gasteiger partial charge >= 0.3 is 0 Å². The van der Waals surface area contributed by atoms with Gasteiger partial charge < -0.3 is 9.47 Å². The SMILES string of the molecule is Cl[C@H]1[C@H](Cl)[C@@H](Cl)[C@@H](Cl)[C@H](Cl)[C@H]1Cl.O=C(c1ccc(Oc2ccccc2)cc1)c1ccc(Oc2ccccc2)cc1. The largest absolute Gasteiger partial charge is 0.457 e. The molecule has 5 rings (SSSR count). The highest BCUT2D eigenvalue weighted by Gasteiger charge is 2.46. The Kier molecular flexibility index (Phi) is 11.3. The molecule has 1 aliphatic carbocycles. The molecule has 0 aromatic heterocycles. The van der Waals surface area contributed by atoms with Crippen LogP contribution in [0.4, 0.5) is 0 Å². The molecule has 0 heterocycles. The Labute approximate surface area is 263 Å². The van der Waals surface area contributed by atoms with E-state index in [4.69, 9.17) is 79.1 Å². The number of carbonyl (C=O) groups is 1. The molecule has 0 N–H and O–H groups in total. The third kappa shape index (κ3) is 8.00. The summed E-state index contributed by atoms with van der Waals surface area (Å²) >= 11 is 35.3. The van der Waals surface area contributed by atoms with Crippen molar-refractivity contribution in [2.45, 2.75) is 32.3 Å². The lowest BCUT2D eigenvalue weighted by atomic mass is 9.97. The van der Waals surface area contributed by atoms with E-state index < -0.39 is 32.3 Å². The minimum Gasteiger partial charge on any atom is -0.457 e. The molecule has 9 heteroatoms. The molecule has 0 bridgehead atoms. The van der Waals surface area contributed by atoms with Crippen LogP contribution < -0.4 is 9.47 Å². The van der Waals surface area contributed by atoms with Gasteiger partial charge in [0.1, 0.15) is 23.0 Å². The molecule has 0 atom stereocenters. The third-order valence-electron chi connectivity index (χ3n) is 6.02. The van der Waals surface area contributed by atoms with Gasteiger partial charge in [0.2, 0.25) is 0 Å². The fourth-order valence-corrected chi connectivity index (χ4v) is 6.15. The molecule has 1 aliphatic rings. The Hall–Kier alpha value is -2.11. The van der Waals surface area contributed by atoms with Gasteiger partial charge in [0.15, 0.2) is 5.78 Å². The number of rotatable bonds is 6. The van der Waals surface area contributed by atoms with Gasteiger partial charge in [-0.15, -0.1) is 69.6 Å². The number of benzene rings is 4. The molecule has 40 heavy (non-hydrogen) atoms. The molecule has 0 amide bonds. The molecule has 0 aliphatic heterocycles. The van der Waals surface area contributed by atoms with E-state index in [1.165, 1.54) is 0 Å². The van der Waals surface area contributed by atoms with Crippen LogP contribution in [0.5, 0.6) is 23.0 Å². The lowest BCUT2D eigenvalue weighted by Gasteiger charge is -2.37. The summed E-state index contributed by atoms with van der Waals surface area (Å²) in [5, 5.41) is -2.62. The van der Waals surface area contributed by atoms with Crippen LogP contribution in [0, 0.1) is 0 Å². The quantitative estimate of drug-likeness (QED) is 0.153. The number of para-hydroxylation sites is 2. The summed E-state index contributed by atoms with van der Waals surface area (Å²) in [6, 6.07) is 33.4. The van der Waals surface area contributed by atoms with Crippen LogP contribution in [0.15, 0.2) is 109 Å². The normalized spacial score (nSPS) is 23.9. The van der Waals surface area contributed by atoms with Crippen molar-refractivity contribution in [3.05, 3.63) is 120 Å². The zero-order valence-electron chi connectivity index (χ0n) is 20.8. The number of ether oxygens (including phenoxy) is 2. The topological polar surface area (TPSA) is 35.5 Å². The monoisotopic (exact) mass is 654 g/mol. The second-order valence-corrected chi connectivity index (χ2v) is 11.9. The van der Waals surface area contributed by atoms with Gasteiger partial charge in [-0.2, -0.15) is 0 Å². The number of hydrogen-bond acceptors (Lipinski definition) is 3. The van der Waals surface area contributed by atoms with Gasteiger partial charge in [0.05, 0.1) is 32.3 Å². The Balaban J connectivity index is 0.000000259. The maximum absolute atomic E-state index is 12.7. The molecule has 3 nitrogen and oxygen atoms in total. The minimum absolute atomic E-state index is 0.0440. The number of carbonyl (C=O) groups excluding carboxylic acids is 1. The smallest absolute Gasteiger partial charge is 0.193 e. The van der Waals surface area contributed by atoms with E-state index >= 15 is 0 Å². The molecule has 0 unspecified atom stereocenters. The van der Waals surface area contributed by atoms with Gasteiger partial charge in [-0.3, -0.25) is 4.79 Å². The first-order valence-electron chi connectivity index (χ1n) is 12.3.